The Morgan fingerprint density at radius 2 is 1.75 bits per heavy atom. The second-order valence-electron chi connectivity index (χ2n) is 4.99. The molecule has 0 aliphatic rings. The minimum absolute atomic E-state index is 0.212. The molecule has 0 radical (unpaired) electrons. The molecule has 0 aliphatic carbocycles. The van der Waals surface area contributed by atoms with Crippen molar-refractivity contribution in [2.75, 3.05) is 6.54 Å². The van der Waals surface area contributed by atoms with Crippen LogP contribution in [0.3, 0.4) is 0 Å². The number of hydrogen-bond acceptors (Lipinski definition) is 2. The standard InChI is InChI=1S/C16H22N2O2/c1-6-7-17-15(19)16(20)18-13(5)14-9-11(3)10(2)8-12(14)4/h6,8-9,13H,1,7H2,2-5H3,(H,17,19)(H,18,20)/t13-/m0/s1. The van der Waals surface area contributed by atoms with Crippen LogP contribution in [0.15, 0.2) is 24.8 Å². The Bertz CT molecular complexity index is 536. The third-order valence-electron chi connectivity index (χ3n) is 3.31. The van der Waals surface area contributed by atoms with Gasteiger partial charge in [-0.2, -0.15) is 0 Å². The molecular weight excluding hydrogens is 252 g/mol. The fraction of sp³-hybridized carbons (Fsp3) is 0.375. The summed E-state index contributed by atoms with van der Waals surface area (Å²) >= 11 is 0. The number of amides is 2. The van der Waals surface area contributed by atoms with Gasteiger partial charge in [0.2, 0.25) is 0 Å². The van der Waals surface area contributed by atoms with E-state index >= 15 is 0 Å². The van der Waals surface area contributed by atoms with Gasteiger partial charge in [-0.05, 0) is 49.9 Å². The average molecular weight is 274 g/mol. The van der Waals surface area contributed by atoms with Gasteiger partial charge in [0, 0.05) is 6.54 Å². The lowest BCUT2D eigenvalue weighted by Gasteiger charge is -2.18. The summed E-state index contributed by atoms with van der Waals surface area (Å²) in [6, 6.07) is 3.93. The number of carbonyl (C=O) groups is 2. The van der Waals surface area contributed by atoms with Crippen molar-refractivity contribution in [1.82, 2.24) is 10.6 Å². The van der Waals surface area contributed by atoms with Gasteiger partial charge in [0.05, 0.1) is 6.04 Å². The topological polar surface area (TPSA) is 58.2 Å². The van der Waals surface area contributed by atoms with Gasteiger partial charge in [0.25, 0.3) is 0 Å². The van der Waals surface area contributed by atoms with Crippen molar-refractivity contribution in [3.05, 3.63) is 47.0 Å². The van der Waals surface area contributed by atoms with Crippen molar-refractivity contribution in [3.8, 4) is 0 Å². The smallest absolute Gasteiger partial charge is 0.309 e. The average Bonchev–Trinajstić information content (AvgIpc) is 2.39. The van der Waals surface area contributed by atoms with Gasteiger partial charge >= 0.3 is 11.8 Å². The van der Waals surface area contributed by atoms with Gasteiger partial charge in [-0.15, -0.1) is 6.58 Å². The van der Waals surface area contributed by atoms with Crippen LogP contribution in [0.2, 0.25) is 0 Å². The van der Waals surface area contributed by atoms with Crippen molar-refractivity contribution in [2.24, 2.45) is 0 Å². The summed E-state index contributed by atoms with van der Waals surface area (Å²) in [5, 5.41) is 5.16. The largest absolute Gasteiger partial charge is 0.344 e. The van der Waals surface area contributed by atoms with E-state index in [0.29, 0.717) is 0 Å². The molecule has 2 N–H and O–H groups in total. The highest BCUT2D eigenvalue weighted by molar-refractivity contribution is 6.35. The molecule has 0 unspecified atom stereocenters. The van der Waals surface area contributed by atoms with Crippen molar-refractivity contribution in [1.29, 1.82) is 0 Å². The molecule has 0 bridgehead atoms. The first-order valence-electron chi connectivity index (χ1n) is 6.64. The third-order valence-corrected chi connectivity index (χ3v) is 3.31. The van der Waals surface area contributed by atoms with Gasteiger partial charge in [-0.1, -0.05) is 18.2 Å². The Morgan fingerprint density at radius 1 is 1.15 bits per heavy atom. The zero-order valence-electron chi connectivity index (χ0n) is 12.5. The predicted molar refractivity (Wildman–Crippen MR) is 80.4 cm³/mol. The van der Waals surface area contributed by atoms with Crippen LogP contribution >= 0.6 is 0 Å². The molecule has 0 heterocycles. The number of rotatable bonds is 4. The molecule has 0 aromatic heterocycles. The van der Waals surface area contributed by atoms with E-state index in [4.69, 9.17) is 0 Å². The highest BCUT2D eigenvalue weighted by atomic mass is 16.2. The molecule has 0 saturated heterocycles. The maximum Gasteiger partial charge on any atom is 0.309 e. The molecule has 1 rings (SSSR count). The first-order valence-corrected chi connectivity index (χ1v) is 6.64. The molecule has 4 heteroatoms. The summed E-state index contributed by atoms with van der Waals surface area (Å²) < 4.78 is 0. The minimum atomic E-state index is -0.641. The third kappa shape index (κ3) is 3.95. The lowest BCUT2D eigenvalue weighted by molar-refractivity contribution is -0.139. The van der Waals surface area contributed by atoms with E-state index in [9.17, 15) is 9.59 Å². The van der Waals surface area contributed by atoms with Crippen LogP contribution in [0.4, 0.5) is 0 Å². The summed E-state index contributed by atoms with van der Waals surface area (Å²) in [4.78, 5) is 23.2. The van der Waals surface area contributed by atoms with E-state index in [1.165, 1.54) is 17.2 Å². The number of hydrogen-bond donors (Lipinski definition) is 2. The Balaban J connectivity index is 2.78. The molecule has 0 aliphatic heterocycles. The van der Waals surface area contributed by atoms with Crippen LogP contribution in [0, 0.1) is 20.8 Å². The van der Waals surface area contributed by atoms with E-state index in [1.807, 2.05) is 20.8 Å². The Hall–Kier alpha value is -2.10. The van der Waals surface area contributed by atoms with Crippen LogP contribution in [0.5, 0.6) is 0 Å². The maximum atomic E-state index is 11.7. The molecule has 0 saturated carbocycles. The highest BCUT2D eigenvalue weighted by Crippen LogP contribution is 2.21. The van der Waals surface area contributed by atoms with E-state index in [2.05, 4.69) is 36.3 Å². The number of benzene rings is 1. The van der Waals surface area contributed by atoms with E-state index < -0.39 is 11.8 Å². The number of aryl methyl sites for hydroxylation is 3. The quantitative estimate of drug-likeness (QED) is 0.652. The van der Waals surface area contributed by atoms with Gasteiger partial charge in [-0.3, -0.25) is 9.59 Å². The fourth-order valence-electron chi connectivity index (χ4n) is 2.03. The molecule has 20 heavy (non-hydrogen) atoms. The molecule has 0 spiro atoms. The van der Waals surface area contributed by atoms with Crippen LogP contribution in [-0.2, 0) is 9.59 Å². The molecule has 1 atom stereocenters. The maximum absolute atomic E-state index is 11.7. The fourth-order valence-corrected chi connectivity index (χ4v) is 2.03. The van der Waals surface area contributed by atoms with Gasteiger partial charge < -0.3 is 10.6 Å². The summed E-state index contributed by atoms with van der Waals surface area (Å²) in [6.45, 7) is 11.7. The zero-order chi connectivity index (χ0) is 15.3. The van der Waals surface area contributed by atoms with Gasteiger partial charge in [0.1, 0.15) is 0 Å². The van der Waals surface area contributed by atoms with E-state index in [0.717, 1.165) is 11.1 Å². The highest BCUT2D eigenvalue weighted by Gasteiger charge is 2.17. The van der Waals surface area contributed by atoms with Gasteiger partial charge in [0.15, 0.2) is 0 Å². The van der Waals surface area contributed by atoms with Crippen molar-refractivity contribution < 1.29 is 9.59 Å². The second-order valence-corrected chi connectivity index (χ2v) is 4.99. The molecule has 108 valence electrons. The van der Waals surface area contributed by atoms with E-state index in [1.54, 1.807) is 0 Å². The molecular formula is C16H22N2O2. The lowest BCUT2D eigenvalue weighted by Crippen LogP contribution is -2.41. The number of carbonyl (C=O) groups excluding carboxylic acids is 2. The molecule has 1 aromatic rings. The molecule has 2 amide bonds. The van der Waals surface area contributed by atoms with Crippen molar-refractivity contribution in [3.63, 3.8) is 0 Å². The van der Waals surface area contributed by atoms with Crippen LogP contribution < -0.4 is 10.6 Å². The SMILES string of the molecule is C=CCNC(=O)C(=O)N[C@@H](C)c1cc(C)c(C)cc1C. The van der Waals surface area contributed by atoms with Gasteiger partial charge in [-0.25, -0.2) is 0 Å². The Kier molecular flexibility index (Phi) is 5.50. The molecule has 4 nitrogen and oxygen atoms in total. The first kappa shape index (κ1) is 16.0. The lowest BCUT2D eigenvalue weighted by atomic mass is 9.96. The Morgan fingerprint density at radius 3 is 2.35 bits per heavy atom. The minimum Gasteiger partial charge on any atom is -0.344 e. The van der Waals surface area contributed by atoms with E-state index in [-0.39, 0.29) is 12.6 Å². The summed E-state index contributed by atoms with van der Waals surface area (Å²) in [5.74, 6) is -1.27. The van der Waals surface area contributed by atoms with Crippen LogP contribution in [0.1, 0.15) is 35.2 Å². The van der Waals surface area contributed by atoms with Crippen LogP contribution in [0.25, 0.3) is 0 Å². The first-order chi connectivity index (χ1) is 9.36. The summed E-state index contributed by atoms with van der Waals surface area (Å²) in [6.07, 6.45) is 1.53. The van der Waals surface area contributed by atoms with Crippen molar-refractivity contribution >= 4 is 11.8 Å². The predicted octanol–water partition coefficient (Wildman–Crippen LogP) is 2.09. The monoisotopic (exact) mass is 274 g/mol. The zero-order valence-corrected chi connectivity index (χ0v) is 12.5. The molecule has 1 aromatic carbocycles. The normalized spacial score (nSPS) is 11.6. The Labute approximate surface area is 120 Å². The molecule has 0 fully saturated rings. The summed E-state index contributed by atoms with van der Waals surface area (Å²) in [5.41, 5.74) is 4.52. The summed E-state index contributed by atoms with van der Waals surface area (Å²) in [7, 11) is 0. The number of nitrogens with one attached hydrogen (secondary N) is 2. The van der Waals surface area contributed by atoms with Crippen LogP contribution in [-0.4, -0.2) is 18.4 Å². The second kappa shape index (κ2) is 6.89. The van der Waals surface area contributed by atoms with Crippen molar-refractivity contribution in [2.45, 2.75) is 33.7 Å².